The molecule has 104 valence electrons. The largest absolute Gasteiger partial charge is 0.378 e. The van der Waals surface area contributed by atoms with Crippen molar-refractivity contribution in [2.75, 3.05) is 5.32 Å². The van der Waals surface area contributed by atoms with Gasteiger partial charge in [-0.25, -0.2) is 4.39 Å². The van der Waals surface area contributed by atoms with Crippen LogP contribution in [0.4, 0.5) is 10.1 Å². The van der Waals surface area contributed by atoms with Gasteiger partial charge in [-0.3, -0.25) is 0 Å². The van der Waals surface area contributed by atoms with Crippen molar-refractivity contribution < 1.29 is 4.39 Å². The fourth-order valence-electron chi connectivity index (χ4n) is 3.25. The minimum absolute atomic E-state index is 0.129. The zero-order chi connectivity index (χ0) is 14.3. The van der Waals surface area contributed by atoms with Gasteiger partial charge in [0, 0.05) is 5.69 Å². The number of anilines is 1. The summed E-state index contributed by atoms with van der Waals surface area (Å²) in [5, 5.41) is 3.53. The summed E-state index contributed by atoms with van der Waals surface area (Å²) in [5.74, 6) is -0.184. The zero-order valence-corrected chi connectivity index (χ0v) is 12.2. The molecule has 0 radical (unpaired) electrons. The number of halogens is 1. The molecule has 2 heteroatoms. The van der Waals surface area contributed by atoms with E-state index in [1.165, 1.54) is 11.1 Å². The molecular formula is C18H20FN. The van der Waals surface area contributed by atoms with Gasteiger partial charge in [-0.05, 0) is 53.6 Å². The first-order chi connectivity index (χ1) is 9.45. The summed E-state index contributed by atoms with van der Waals surface area (Å²) >= 11 is 0. The second kappa shape index (κ2) is 4.62. The molecule has 1 nitrogen and oxygen atoms in total. The van der Waals surface area contributed by atoms with Crippen LogP contribution < -0.4 is 5.32 Å². The Morgan fingerprint density at radius 1 is 1.15 bits per heavy atom. The molecule has 0 aromatic heterocycles. The molecule has 0 amide bonds. The summed E-state index contributed by atoms with van der Waals surface area (Å²) in [5.41, 5.74) is 4.65. The zero-order valence-electron chi connectivity index (χ0n) is 12.2. The van der Waals surface area contributed by atoms with Crippen LogP contribution in [0.15, 0.2) is 42.5 Å². The van der Waals surface area contributed by atoms with Crippen LogP contribution in [0, 0.1) is 18.2 Å². The smallest absolute Gasteiger partial charge is 0.125 e. The molecule has 0 heterocycles. The molecule has 0 fully saturated rings. The summed E-state index contributed by atoms with van der Waals surface area (Å²) in [6, 6.07) is 13.9. The van der Waals surface area contributed by atoms with Crippen molar-refractivity contribution in [2.24, 2.45) is 5.41 Å². The third-order valence-corrected chi connectivity index (χ3v) is 4.15. The lowest BCUT2D eigenvalue weighted by Gasteiger charge is -2.29. The van der Waals surface area contributed by atoms with Crippen molar-refractivity contribution in [2.45, 2.75) is 33.2 Å². The van der Waals surface area contributed by atoms with Gasteiger partial charge in [0.1, 0.15) is 5.82 Å². The maximum atomic E-state index is 13.6. The molecule has 0 aliphatic heterocycles. The first-order valence-electron chi connectivity index (χ1n) is 7.07. The molecule has 1 aliphatic rings. The van der Waals surface area contributed by atoms with Gasteiger partial charge in [-0.1, -0.05) is 38.1 Å². The third kappa shape index (κ3) is 2.31. The van der Waals surface area contributed by atoms with Crippen molar-refractivity contribution >= 4 is 5.69 Å². The molecular weight excluding hydrogens is 249 g/mol. The maximum absolute atomic E-state index is 13.6. The van der Waals surface area contributed by atoms with Crippen LogP contribution in [0.25, 0.3) is 0 Å². The Hall–Kier alpha value is -1.83. The number of benzene rings is 2. The number of hydrogen-bond donors (Lipinski definition) is 1. The predicted octanol–water partition coefficient (Wildman–Crippen LogP) is 4.87. The van der Waals surface area contributed by atoms with Crippen molar-refractivity contribution in [3.8, 4) is 0 Å². The van der Waals surface area contributed by atoms with Crippen LogP contribution in [0.3, 0.4) is 0 Å². The van der Waals surface area contributed by atoms with Crippen molar-refractivity contribution in [3.05, 3.63) is 65.0 Å². The Balaban J connectivity index is 1.97. The molecule has 1 N–H and O–H groups in total. The molecule has 3 rings (SSSR count). The van der Waals surface area contributed by atoms with Gasteiger partial charge < -0.3 is 5.32 Å². The standard InChI is InChI=1S/C18H20FN/c1-12-8-14(19)10-15(9-12)20-17-16-7-5-4-6-13(16)11-18(17,2)3/h4-10,17,20H,11H2,1-3H3. The SMILES string of the molecule is Cc1cc(F)cc(NC2c3ccccc3CC2(C)C)c1. The van der Waals surface area contributed by atoms with Crippen molar-refractivity contribution in [1.29, 1.82) is 0 Å². The number of fused-ring (bicyclic) bond motifs is 1. The minimum atomic E-state index is -0.184. The average molecular weight is 269 g/mol. The molecule has 20 heavy (non-hydrogen) atoms. The van der Waals surface area contributed by atoms with E-state index in [9.17, 15) is 4.39 Å². The van der Waals surface area contributed by atoms with Crippen LogP contribution in [-0.4, -0.2) is 0 Å². The minimum Gasteiger partial charge on any atom is -0.378 e. The lowest BCUT2D eigenvalue weighted by atomic mass is 9.85. The quantitative estimate of drug-likeness (QED) is 0.820. The third-order valence-electron chi connectivity index (χ3n) is 4.15. The van der Waals surface area contributed by atoms with E-state index in [0.717, 1.165) is 17.7 Å². The van der Waals surface area contributed by atoms with E-state index in [4.69, 9.17) is 0 Å². The maximum Gasteiger partial charge on any atom is 0.125 e. The van der Waals surface area contributed by atoms with Crippen LogP contribution in [0.1, 0.15) is 36.6 Å². The van der Waals surface area contributed by atoms with Crippen molar-refractivity contribution in [1.82, 2.24) is 0 Å². The highest BCUT2D eigenvalue weighted by Gasteiger charge is 2.38. The van der Waals surface area contributed by atoms with Crippen LogP contribution in [0.5, 0.6) is 0 Å². The van der Waals surface area contributed by atoms with E-state index < -0.39 is 0 Å². The molecule has 1 unspecified atom stereocenters. The lowest BCUT2D eigenvalue weighted by molar-refractivity contribution is 0.337. The van der Waals surface area contributed by atoms with E-state index in [0.29, 0.717) is 0 Å². The molecule has 1 atom stereocenters. The normalized spacial score (nSPS) is 19.7. The Morgan fingerprint density at radius 3 is 2.65 bits per heavy atom. The Kier molecular flexibility index (Phi) is 3.04. The fraction of sp³-hybridized carbons (Fsp3) is 0.333. The average Bonchev–Trinajstić information content (AvgIpc) is 2.59. The number of rotatable bonds is 2. The van der Waals surface area contributed by atoms with Gasteiger partial charge in [0.25, 0.3) is 0 Å². The second-order valence-electron chi connectivity index (χ2n) is 6.46. The van der Waals surface area contributed by atoms with Crippen LogP contribution in [0.2, 0.25) is 0 Å². The van der Waals surface area contributed by atoms with Crippen LogP contribution >= 0.6 is 0 Å². The first kappa shape index (κ1) is 13.2. The van der Waals surface area contributed by atoms with Gasteiger partial charge in [0.2, 0.25) is 0 Å². The van der Waals surface area contributed by atoms with Gasteiger partial charge in [-0.2, -0.15) is 0 Å². The summed E-state index contributed by atoms with van der Waals surface area (Å²) in [4.78, 5) is 0. The number of nitrogens with one attached hydrogen (secondary N) is 1. The first-order valence-corrected chi connectivity index (χ1v) is 7.07. The van der Waals surface area contributed by atoms with E-state index in [2.05, 4.69) is 43.4 Å². The van der Waals surface area contributed by atoms with Gasteiger partial charge >= 0.3 is 0 Å². The van der Waals surface area contributed by atoms with Crippen LogP contribution in [-0.2, 0) is 6.42 Å². The van der Waals surface area contributed by atoms with Gasteiger partial charge in [0.05, 0.1) is 6.04 Å². The monoisotopic (exact) mass is 269 g/mol. The van der Waals surface area contributed by atoms with E-state index in [1.807, 2.05) is 13.0 Å². The summed E-state index contributed by atoms with van der Waals surface area (Å²) < 4.78 is 13.6. The number of aryl methyl sites for hydroxylation is 1. The highest BCUT2D eigenvalue weighted by molar-refractivity contribution is 5.51. The van der Waals surface area contributed by atoms with Gasteiger partial charge in [0.15, 0.2) is 0 Å². The topological polar surface area (TPSA) is 12.0 Å². The predicted molar refractivity (Wildman–Crippen MR) is 81.4 cm³/mol. The molecule has 1 aliphatic carbocycles. The Morgan fingerprint density at radius 2 is 1.90 bits per heavy atom. The summed E-state index contributed by atoms with van der Waals surface area (Å²) in [6.07, 6.45) is 1.05. The molecule has 2 aromatic rings. The molecule has 0 saturated heterocycles. The molecule has 0 bridgehead atoms. The van der Waals surface area contributed by atoms with E-state index >= 15 is 0 Å². The lowest BCUT2D eigenvalue weighted by Crippen LogP contribution is -2.24. The van der Waals surface area contributed by atoms with E-state index in [1.54, 1.807) is 12.1 Å². The summed E-state index contributed by atoms with van der Waals surface area (Å²) in [7, 11) is 0. The summed E-state index contributed by atoms with van der Waals surface area (Å²) in [6.45, 7) is 6.44. The number of hydrogen-bond acceptors (Lipinski definition) is 1. The molecule has 0 spiro atoms. The fourth-order valence-corrected chi connectivity index (χ4v) is 3.25. The van der Waals surface area contributed by atoms with Gasteiger partial charge in [-0.15, -0.1) is 0 Å². The van der Waals surface area contributed by atoms with E-state index in [-0.39, 0.29) is 17.3 Å². The Bertz CT molecular complexity index is 625. The second-order valence-corrected chi connectivity index (χ2v) is 6.46. The highest BCUT2D eigenvalue weighted by Crippen LogP contribution is 2.46. The van der Waals surface area contributed by atoms with Crippen molar-refractivity contribution in [3.63, 3.8) is 0 Å². The molecule has 0 saturated carbocycles. The Labute approximate surface area is 119 Å². The molecule has 2 aromatic carbocycles. The highest BCUT2D eigenvalue weighted by atomic mass is 19.1.